The van der Waals surface area contributed by atoms with E-state index in [4.69, 9.17) is 4.74 Å². The standard InChI is InChI=1S/C16H19F2N5O/c17-16(18)3-1-15(2-4-16)7-11(24-9-15)8-21-14-12-13(22-10-23-14)20-6-5-19-12/h5-6,10-11H,1-4,7-9H2,(H,20,21,22,23). The molecule has 1 aliphatic carbocycles. The van der Waals surface area contributed by atoms with Gasteiger partial charge in [-0.1, -0.05) is 0 Å². The summed E-state index contributed by atoms with van der Waals surface area (Å²) in [7, 11) is 0. The third kappa shape index (κ3) is 3.02. The molecule has 24 heavy (non-hydrogen) atoms. The van der Waals surface area contributed by atoms with Gasteiger partial charge in [0, 0.05) is 31.8 Å². The quantitative estimate of drug-likeness (QED) is 0.930. The summed E-state index contributed by atoms with van der Waals surface area (Å²) in [5.74, 6) is -1.88. The van der Waals surface area contributed by atoms with Gasteiger partial charge >= 0.3 is 0 Å². The number of ether oxygens (including phenoxy) is 1. The Morgan fingerprint density at radius 1 is 1.08 bits per heavy atom. The van der Waals surface area contributed by atoms with E-state index in [1.807, 2.05) is 0 Å². The largest absolute Gasteiger partial charge is 0.376 e. The molecule has 2 fully saturated rings. The number of rotatable bonds is 3. The molecule has 1 saturated carbocycles. The molecular formula is C16H19F2N5O. The zero-order valence-electron chi connectivity index (χ0n) is 13.2. The van der Waals surface area contributed by atoms with Crippen LogP contribution in [0.1, 0.15) is 32.1 Å². The monoisotopic (exact) mass is 335 g/mol. The number of nitrogens with one attached hydrogen (secondary N) is 1. The van der Waals surface area contributed by atoms with Crippen LogP contribution in [0.25, 0.3) is 11.2 Å². The summed E-state index contributed by atoms with van der Waals surface area (Å²) in [6.07, 6.45) is 6.47. The summed E-state index contributed by atoms with van der Waals surface area (Å²) in [6.45, 7) is 1.14. The number of hydrogen-bond donors (Lipinski definition) is 1. The average Bonchev–Trinajstić information content (AvgIpc) is 3.00. The van der Waals surface area contributed by atoms with E-state index in [-0.39, 0.29) is 24.4 Å². The van der Waals surface area contributed by atoms with Crippen LogP contribution < -0.4 is 5.32 Å². The van der Waals surface area contributed by atoms with Gasteiger partial charge in [-0.05, 0) is 24.7 Å². The van der Waals surface area contributed by atoms with Crippen LogP contribution in [-0.2, 0) is 4.74 Å². The number of nitrogens with zero attached hydrogens (tertiary/aromatic N) is 4. The van der Waals surface area contributed by atoms with Crippen molar-refractivity contribution in [2.45, 2.75) is 44.1 Å². The summed E-state index contributed by atoms with van der Waals surface area (Å²) in [6, 6.07) is 0. The molecule has 2 aromatic heterocycles. The van der Waals surface area contributed by atoms with E-state index < -0.39 is 5.92 Å². The number of halogens is 2. The van der Waals surface area contributed by atoms with E-state index in [1.54, 1.807) is 12.4 Å². The molecule has 8 heteroatoms. The first-order valence-electron chi connectivity index (χ1n) is 8.20. The van der Waals surface area contributed by atoms with Crippen molar-refractivity contribution < 1.29 is 13.5 Å². The van der Waals surface area contributed by atoms with E-state index in [1.165, 1.54) is 6.33 Å². The highest BCUT2D eigenvalue weighted by Crippen LogP contribution is 2.49. The normalized spacial score (nSPS) is 25.2. The Morgan fingerprint density at radius 3 is 2.71 bits per heavy atom. The molecule has 2 aliphatic rings. The van der Waals surface area contributed by atoms with Crippen LogP contribution >= 0.6 is 0 Å². The van der Waals surface area contributed by atoms with Gasteiger partial charge in [-0.3, -0.25) is 0 Å². The first-order valence-corrected chi connectivity index (χ1v) is 8.20. The molecular weight excluding hydrogens is 316 g/mol. The van der Waals surface area contributed by atoms with E-state index in [0.717, 1.165) is 6.42 Å². The lowest BCUT2D eigenvalue weighted by Gasteiger charge is -2.35. The summed E-state index contributed by atoms with van der Waals surface area (Å²) in [5, 5.41) is 3.24. The highest BCUT2D eigenvalue weighted by atomic mass is 19.3. The van der Waals surface area contributed by atoms with E-state index in [2.05, 4.69) is 25.3 Å². The van der Waals surface area contributed by atoms with E-state index in [0.29, 0.717) is 43.0 Å². The minimum Gasteiger partial charge on any atom is -0.376 e. The van der Waals surface area contributed by atoms with Crippen LogP contribution in [0.4, 0.5) is 14.6 Å². The lowest BCUT2D eigenvalue weighted by molar-refractivity contribution is -0.0679. The molecule has 2 aromatic rings. The maximum atomic E-state index is 13.4. The van der Waals surface area contributed by atoms with Crippen LogP contribution in [0, 0.1) is 5.41 Å². The molecule has 0 radical (unpaired) electrons. The van der Waals surface area contributed by atoms with Crippen LogP contribution in [0.5, 0.6) is 0 Å². The smallest absolute Gasteiger partial charge is 0.248 e. The maximum absolute atomic E-state index is 13.4. The predicted molar refractivity (Wildman–Crippen MR) is 83.8 cm³/mol. The minimum atomic E-state index is -2.50. The maximum Gasteiger partial charge on any atom is 0.248 e. The number of anilines is 1. The van der Waals surface area contributed by atoms with Gasteiger partial charge in [-0.2, -0.15) is 0 Å². The van der Waals surface area contributed by atoms with Crippen molar-refractivity contribution in [2.24, 2.45) is 5.41 Å². The molecule has 1 spiro atoms. The fourth-order valence-electron chi connectivity index (χ4n) is 3.66. The third-order valence-corrected chi connectivity index (χ3v) is 5.10. The van der Waals surface area contributed by atoms with Crippen LogP contribution in [0.15, 0.2) is 18.7 Å². The lowest BCUT2D eigenvalue weighted by Crippen LogP contribution is -2.34. The lowest BCUT2D eigenvalue weighted by atomic mass is 9.71. The average molecular weight is 335 g/mol. The third-order valence-electron chi connectivity index (χ3n) is 5.10. The summed E-state index contributed by atoms with van der Waals surface area (Å²) < 4.78 is 32.6. The van der Waals surface area contributed by atoms with Gasteiger partial charge in [-0.25, -0.2) is 28.7 Å². The van der Waals surface area contributed by atoms with Gasteiger partial charge < -0.3 is 10.1 Å². The molecule has 0 bridgehead atoms. The van der Waals surface area contributed by atoms with Crippen molar-refractivity contribution >= 4 is 17.0 Å². The van der Waals surface area contributed by atoms with E-state index >= 15 is 0 Å². The Kier molecular flexibility index (Phi) is 3.79. The zero-order chi connectivity index (χ0) is 16.6. The molecule has 128 valence electrons. The minimum absolute atomic E-state index is 0.00147. The van der Waals surface area contributed by atoms with E-state index in [9.17, 15) is 8.78 Å². The topological polar surface area (TPSA) is 72.8 Å². The number of fused-ring (bicyclic) bond motifs is 1. The number of alkyl halides is 2. The Bertz CT molecular complexity index is 726. The second-order valence-electron chi connectivity index (χ2n) is 6.82. The Morgan fingerprint density at radius 2 is 1.88 bits per heavy atom. The molecule has 1 unspecified atom stereocenters. The molecule has 6 nitrogen and oxygen atoms in total. The van der Waals surface area contributed by atoms with Crippen molar-refractivity contribution in [1.29, 1.82) is 0 Å². The molecule has 1 N–H and O–H groups in total. The van der Waals surface area contributed by atoms with Crippen molar-refractivity contribution in [1.82, 2.24) is 19.9 Å². The molecule has 0 aromatic carbocycles. The Hall–Kier alpha value is -1.96. The number of hydrogen-bond acceptors (Lipinski definition) is 6. The fraction of sp³-hybridized carbons (Fsp3) is 0.625. The van der Waals surface area contributed by atoms with Gasteiger partial charge in [0.05, 0.1) is 12.7 Å². The summed E-state index contributed by atoms with van der Waals surface area (Å²) in [5.41, 5.74) is 1.07. The van der Waals surface area contributed by atoms with Crippen molar-refractivity contribution in [3.05, 3.63) is 18.7 Å². The zero-order valence-corrected chi connectivity index (χ0v) is 13.2. The second kappa shape index (κ2) is 5.84. The van der Waals surface area contributed by atoms with Crippen LogP contribution in [0.2, 0.25) is 0 Å². The first-order chi connectivity index (χ1) is 11.6. The van der Waals surface area contributed by atoms with Crippen LogP contribution in [-0.4, -0.2) is 45.1 Å². The highest BCUT2D eigenvalue weighted by molar-refractivity contribution is 5.81. The molecule has 3 heterocycles. The first kappa shape index (κ1) is 15.6. The highest BCUT2D eigenvalue weighted by Gasteiger charge is 2.47. The molecule has 4 rings (SSSR count). The van der Waals surface area contributed by atoms with Crippen LogP contribution in [0.3, 0.4) is 0 Å². The number of aromatic nitrogens is 4. The van der Waals surface area contributed by atoms with Gasteiger partial charge in [0.2, 0.25) is 5.92 Å². The van der Waals surface area contributed by atoms with Crippen molar-refractivity contribution in [3.63, 3.8) is 0 Å². The molecule has 0 amide bonds. The van der Waals surface area contributed by atoms with Crippen molar-refractivity contribution in [2.75, 3.05) is 18.5 Å². The van der Waals surface area contributed by atoms with Gasteiger partial charge in [0.15, 0.2) is 11.5 Å². The molecule has 1 aliphatic heterocycles. The molecule has 1 saturated heterocycles. The predicted octanol–water partition coefficient (Wildman–Crippen LogP) is 2.82. The summed E-state index contributed by atoms with van der Waals surface area (Å²) in [4.78, 5) is 16.7. The Labute approximate surface area is 138 Å². The SMILES string of the molecule is FC1(F)CCC2(CC1)COC(CNc1ncnc3nccnc13)C2. The second-order valence-corrected chi connectivity index (χ2v) is 6.82. The fourth-order valence-corrected chi connectivity index (χ4v) is 3.66. The van der Waals surface area contributed by atoms with Gasteiger partial charge in [0.25, 0.3) is 0 Å². The molecule has 1 atom stereocenters. The van der Waals surface area contributed by atoms with Gasteiger partial charge in [-0.15, -0.1) is 0 Å². The van der Waals surface area contributed by atoms with Crippen molar-refractivity contribution in [3.8, 4) is 0 Å². The van der Waals surface area contributed by atoms with Gasteiger partial charge in [0.1, 0.15) is 11.8 Å². The Balaban J connectivity index is 1.39. The summed E-state index contributed by atoms with van der Waals surface area (Å²) >= 11 is 0.